The molecule has 3 rings (SSSR count). The number of ether oxygens (including phenoxy) is 3. The molecule has 0 spiro atoms. The molecule has 180 valence electrons. The number of anilines is 1. The van der Waals surface area contributed by atoms with E-state index >= 15 is 0 Å². The number of amides is 2. The third-order valence-electron chi connectivity index (χ3n) is 5.47. The summed E-state index contributed by atoms with van der Waals surface area (Å²) in [4.78, 5) is 51.4. The van der Waals surface area contributed by atoms with Crippen molar-refractivity contribution >= 4 is 29.4 Å². The van der Waals surface area contributed by atoms with Gasteiger partial charge in [-0.25, -0.2) is 9.59 Å². The van der Waals surface area contributed by atoms with E-state index in [4.69, 9.17) is 14.2 Å². The number of para-hydroxylation sites is 1. The Morgan fingerprint density at radius 1 is 0.853 bits per heavy atom. The van der Waals surface area contributed by atoms with Crippen LogP contribution in [0.3, 0.4) is 0 Å². The van der Waals surface area contributed by atoms with Crippen LogP contribution in [0.2, 0.25) is 0 Å². The molecule has 2 aromatic rings. The number of benzene rings is 2. The smallest absolute Gasteiger partial charge is 0.337 e. The third-order valence-corrected chi connectivity index (χ3v) is 5.47. The van der Waals surface area contributed by atoms with Crippen molar-refractivity contribution in [3.05, 3.63) is 59.2 Å². The maximum Gasteiger partial charge on any atom is 0.337 e. The van der Waals surface area contributed by atoms with E-state index in [1.54, 1.807) is 29.2 Å². The Labute approximate surface area is 198 Å². The molecule has 0 saturated carbocycles. The lowest BCUT2D eigenvalue weighted by molar-refractivity contribution is -0.133. The second kappa shape index (κ2) is 11.8. The summed E-state index contributed by atoms with van der Waals surface area (Å²) in [6, 6.07) is 10.6. The summed E-state index contributed by atoms with van der Waals surface area (Å²) in [6.45, 7) is 1.25. The van der Waals surface area contributed by atoms with Crippen LogP contribution in [0.25, 0.3) is 0 Å². The quantitative estimate of drug-likeness (QED) is 0.621. The second-order valence-electron chi connectivity index (χ2n) is 7.82. The molecule has 0 bridgehead atoms. The van der Waals surface area contributed by atoms with Crippen molar-refractivity contribution in [2.75, 3.05) is 39.2 Å². The van der Waals surface area contributed by atoms with Crippen molar-refractivity contribution in [2.45, 2.75) is 25.7 Å². The van der Waals surface area contributed by atoms with Gasteiger partial charge in [-0.1, -0.05) is 25.0 Å². The van der Waals surface area contributed by atoms with Gasteiger partial charge in [0, 0.05) is 18.8 Å². The number of esters is 2. The lowest BCUT2D eigenvalue weighted by atomic mass is 10.1. The molecule has 34 heavy (non-hydrogen) atoms. The fourth-order valence-electron chi connectivity index (χ4n) is 3.70. The van der Waals surface area contributed by atoms with E-state index in [9.17, 15) is 19.2 Å². The van der Waals surface area contributed by atoms with Crippen LogP contribution in [0.4, 0.5) is 5.69 Å². The molecule has 9 nitrogen and oxygen atoms in total. The highest BCUT2D eigenvalue weighted by molar-refractivity contribution is 6.07. The number of carbonyl (C=O) groups excluding carboxylic acids is 4. The van der Waals surface area contributed by atoms with Crippen molar-refractivity contribution in [1.29, 1.82) is 0 Å². The van der Waals surface area contributed by atoms with Gasteiger partial charge in [0.25, 0.3) is 11.8 Å². The highest BCUT2D eigenvalue weighted by atomic mass is 16.5. The lowest BCUT2D eigenvalue weighted by Gasteiger charge is -2.20. The molecule has 0 aromatic heterocycles. The first kappa shape index (κ1) is 24.8. The number of carbonyl (C=O) groups is 4. The summed E-state index contributed by atoms with van der Waals surface area (Å²) in [7, 11) is 2.43. The first-order chi connectivity index (χ1) is 16.4. The zero-order valence-corrected chi connectivity index (χ0v) is 19.3. The molecule has 1 saturated heterocycles. The van der Waals surface area contributed by atoms with Gasteiger partial charge in [-0.15, -0.1) is 0 Å². The van der Waals surface area contributed by atoms with E-state index in [1.807, 2.05) is 0 Å². The maximum absolute atomic E-state index is 13.0. The standard InChI is InChI=1S/C25H28N2O7/c1-32-24(30)17-13-18(25(31)33-2)15-19(14-17)26-23(29)20-9-5-6-10-21(20)34-16-22(28)27-11-7-3-4-8-12-27/h5-6,9-10,13-15H,3-4,7-8,11-12,16H2,1-2H3,(H,26,29). The van der Waals surface area contributed by atoms with Crippen LogP contribution in [-0.2, 0) is 14.3 Å². The van der Waals surface area contributed by atoms with Gasteiger partial charge in [-0.05, 0) is 43.2 Å². The highest BCUT2D eigenvalue weighted by Gasteiger charge is 2.20. The van der Waals surface area contributed by atoms with Crippen LogP contribution in [-0.4, -0.2) is 62.6 Å². The van der Waals surface area contributed by atoms with Crippen LogP contribution in [0.1, 0.15) is 56.8 Å². The van der Waals surface area contributed by atoms with Crippen molar-refractivity contribution < 1.29 is 33.4 Å². The predicted molar refractivity (Wildman–Crippen MR) is 124 cm³/mol. The molecule has 1 N–H and O–H groups in total. The Morgan fingerprint density at radius 3 is 2.03 bits per heavy atom. The minimum atomic E-state index is -0.669. The Kier molecular flexibility index (Phi) is 8.61. The van der Waals surface area contributed by atoms with E-state index in [2.05, 4.69) is 5.32 Å². The number of rotatable bonds is 7. The number of methoxy groups -OCH3 is 2. The van der Waals surface area contributed by atoms with Gasteiger partial charge < -0.3 is 24.4 Å². The number of likely N-dealkylation sites (tertiary alicyclic amines) is 1. The molecule has 9 heteroatoms. The van der Waals surface area contributed by atoms with Crippen LogP contribution in [0.15, 0.2) is 42.5 Å². The largest absolute Gasteiger partial charge is 0.483 e. The summed E-state index contributed by atoms with van der Waals surface area (Å²) in [5, 5.41) is 2.67. The van der Waals surface area contributed by atoms with E-state index in [-0.39, 0.29) is 40.6 Å². The van der Waals surface area contributed by atoms with Gasteiger partial charge >= 0.3 is 11.9 Å². The van der Waals surface area contributed by atoms with Gasteiger partial charge in [0.05, 0.1) is 30.9 Å². The van der Waals surface area contributed by atoms with Crippen LogP contribution in [0.5, 0.6) is 5.75 Å². The molecule has 1 aliphatic heterocycles. The van der Waals surface area contributed by atoms with Crippen molar-refractivity contribution in [2.24, 2.45) is 0 Å². The fraction of sp³-hybridized carbons (Fsp3) is 0.360. The zero-order valence-electron chi connectivity index (χ0n) is 19.3. The highest BCUT2D eigenvalue weighted by Crippen LogP contribution is 2.22. The molecule has 1 fully saturated rings. The minimum absolute atomic E-state index is 0.0771. The van der Waals surface area contributed by atoms with Crippen LogP contribution >= 0.6 is 0 Å². The van der Waals surface area contributed by atoms with Crippen molar-refractivity contribution in [3.8, 4) is 5.75 Å². The minimum Gasteiger partial charge on any atom is -0.483 e. The monoisotopic (exact) mass is 468 g/mol. The third kappa shape index (κ3) is 6.34. The number of nitrogens with zero attached hydrogens (tertiary/aromatic N) is 1. The van der Waals surface area contributed by atoms with Gasteiger partial charge in [0.2, 0.25) is 0 Å². The summed E-state index contributed by atoms with van der Waals surface area (Å²) in [5.74, 6) is -1.74. The molecule has 1 heterocycles. The van der Waals surface area contributed by atoms with Crippen LogP contribution in [0, 0.1) is 0 Å². The molecule has 2 aromatic carbocycles. The summed E-state index contributed by atoms with van der Waals surface area (Å²) in [5.41, 5.74) is 0.555. The molecular weight excluding hydrogens is 440 g/mol. The molecule has 0 radical (unpaired) electrons. The average molecular weight is 469 g/mol. The molecular formula is C25H28N2O7. The Bertz CT molecular complexity index is 1020. The summed E-state index contributed by atoms with van der Waals surface area (Å²) >= 11 is 0. The fourth-order valence-corrected chi connectivity index (χ4v) is 3.70. The Morgan fingerprint density at radius 2 is 1.44 bits per heavy atom. The Balaban J connectivity index is 1.76. The summed E-state index contributed by atoms with van der Waals surface area (Å²) in [6.07, 6.45) is 4.18. The maximum atomic E-state index is 13.0. The van der Waals surface area contributed by atoms with E-state index in [0.717, 1.165) is 25.7 Å². The van der Waals surface area contributed by atoms with Crippen molar-refractivity contribution in [1.82, 2.24) is 4.90 Å². The second-order valence-corrected chi connectivity index (χ2v) is 7.82. The Hall–Kier alpha value is -3.88. The zero-order chi connectivity index (χ0) is 24.5. The molecule has 1 aliphatic rings. The first-order valence-corrected chi connectivity index (χ1v) is 11.1. The van der Waals surface area contributed by atoms with Gasteiger partial charge in [0.15, 0.2) is 6.61 Å². The van der Waals surface area contributed by atoms with Crippen LogP contribution < -0.4 is 10.1 Å². The number of nitrogens with one attached hydrogen (secondary N) is 1. The topological polar surface area (TPSA) is 111 Å². The first-order valence-electron chi connectivity index (χ1n) is 11.1. The lowest BCUT2D eigenvalue weighted by Crippen LogP contribution is -2.35. The van der Waals surface area contributed by atoms with Gasteiger partial charge in [0.1, 0.15) is 5.75 Å². The normalized spacial score (nSPS) is 13.4. The number of hydrogen-bond donors (Lipinski definition) is 1. The molecule has 2 amide bonds. The van der Waals surface area contributed by atoms with Gasteiger partial charge in [-0.3, -0.25) is 9.59 Å². The predicted octanol–water partition coefficient (Wildman–Crippen LogP) is 3.29. The van der Waals surface area contributed by atoms with E-state index in [0.29, 0.717) is 13.1 Å². The van der Waals surface area contributed by atoms with Crippen molar-refractivity contribution in [3.63, 3.8) is 0 Å². The molecule has 0 aliphatic carbocycles. The SMILES string of the molecule is COC(=O)c1cc(NC(=O)c2ccccc2OCC(=O)N2CCCCCC2)cc(C(=O)OC)c1. The average Bonchev–Trinajstić information content (AvgIpc) is 3.16. The van der Waals surface area contributed by atoms with E-state index in [1.165, 1.54) is 32.4 Å². The number of hydrogen-bond acceptors (Lipinski definition) is 7. The van der Waals surface area contributed by atoms with Gasteiger partial charge in [-0.2, -0.15) is 0 Å². The summed E-state index contributed by atoms with van der Waals surface area (Å²) < 4.78 is 15.2. The molecule has 0 atom stereocenters. The molecule has 0 unspecified atom stereocenters. The van der Waals surface area contributed by atoms with E-state index < -0.39 is 17.8 Å².